The van der Waals surface area contributed by atoms with Crippen LogP contribution in [0.4, 0.5) is 0 Å². The maximum Gasteiger partial charge on any atom is 0.138 e. The Morgan fingerprint density at radius 3 is 2.86 bits per heavy atom. The molecule has 4 nitrogen and oxygen atoms in total. The molecular weight excluding hydrogens is 262 g/mol. The van der Waals surface area contributed by atoms with Gasteiger partial charge in [0.1, 0.15) is 11.9 Å². The van der Waals surface area contributed by atoms with Gasteiger partial charge >= 0.3 is 0 Å². The van der Waals surface area contributed by atoms with Gasteiger partial charge in [-0.05, 0) is 37.1 Å². The maximum absolute atomic E-state index is 6.19. The molecule has 4 rings (SSSR count). The van der Waals surface area contributed by atoms with Crippen molar-refractivity contribution in [3.05, 3.63) is 48.5 Å². The molecule has 3 heterocycles. The molecule has 0 saturated heterocycles. The average Bonchev–Trinajstić information content (AvgIpc) is 2.78. The van der Waals surface area contributed by atoms with Crippen LogP contribution >= 0.6 is 0 Å². The van der Waals surface area contributed by atoms with Crippen LogP contribution in [0.2, 0.25) is 0 Å². The Hall–Kier alpha value is -1.81. The molecule has 1 saturated carbocycles. The molecule has 2 aromatic rings. The molecule has 0 N–H and O–H groups in total. The van der Waals surface area contributed by atoms with Gasteiger partial charge in [0.05, 0.1) is 12.7 Å². The first-order valence-electron chi connectivity index (χ1n) is 7.83. The second-order valence-corrected chi connectivity index (χ2v) is 6.09. The Labute approximate surface area is 125 Å². The van der Waals surface area contributed by atoms with Crippen LogP contribution in [0.25, 0.3) is 0 Å². The molecule has 1 atom stereocenters. The lowest BCUT2D eigenvalue weighted by molar-refractivity contribution is 0.0677. The molecule has 0 amide bonds. The second kappa shape index (κ2) is 5.53. The van der Waals surface area contributed by atoms with Crippen molar-refractivity contribution < 1.29 is 4.74 Å². The number of pyridine rings is 1. The van der Waals surface area contributed by atoms with Crippen LogP contribution in [-0.4, -0.2) is 33.1 Å². The van der Waals surface area contributed by atoms with Gasteiger partial charge in [-0.3, -0.25) is 9.88 Å². The van der Waals surface area contributed by atoms with Crippen LogP contribution in [0.5, 0.6) is 5.75 Å². The van der Waals surface area contributed by atoms with Gasteiger partial charge in [0.25, 0.3) is 0 Å². The van der Waals surface area contributed by atoms with Crippen molar-refractivity contribution in [1.82, 2.24) is 14.5 Å². The van der Waals surface area contributed by atoms with Crippen molar-refractivity contribution in [2.75, 3.05) is 6.54 Å². The van der Waals surface area contributed by atoms with E-state index in [2.05, 4.69) is 32.8 Å². The summed E-state index contributed by atoms with van der Waals surface area (Å²) in [5.41, 5.74) is 1.40. The van der Waals surface area contributed by atoms with E-state index in [9.17, 15) is 0 Å². The maximum atomic E-state index is 6.19. The van der Waals surface area contributed by atoms with Gasteiger partial charge in [0, 0.05) is 37.2 Å². The van der Waals surface area contributed by atoms with Crippen LogP contribution in [0.15, 0.2) is 42.9 Å². The van der Waals surface area contributed by atoms with Gasteiger partial charge in [0.15, 0.2) is 0 Å². The third-order valence-electron chi connectivity index (χ3n) is 4.66. The number of hydrogen-bond acceptors (Lipinski definition) is 3. The summed E-state index contributed by atoms with van der Waals surface area (Å²) in [6.07, 6.45) is 9.97. The zero-order valence-corrected chi connectivity index (χ0v) is 12.2. The first-order valence-corrected chi connectivity index (χ1v) is 7.83. The van der Waals surface area contributed by atoms with Crippen molar-refractivity contribution in [3.8, 4) is 5.75 Å². The first kappa shape index (κ1) is 12.9. The van der Waals surface area contributed by atoms with E-state index >= 15 is 0 Å². The van der Waals surface area contributed by atoms with Crippen LogP contribution in [0.1, 0.15) is 25.0 Å². The van der Waals surface area contributed by atoms with E-state index in [-0.39, 0.29) is 6.10 Å². The SMILES string of the molecule is c1cncc(O[C@H]2CN(C3CCC3)Cc3cccn3C2)c1. The molecule has 2 aliphatic rings. The quantitative estimate of drug-likeness (QED) is 0.867. The number of fused-ring (bicyclic) bond motifs is 1. The molecule has 0 spiro atoms. The summed E-state index contributed by atoms with van der Waals surface area (Å²) in [6, 6.07) is 9.03. The van der Waals surface area contributed by atoms with Crippen molar-refractivity contribution in [1.29, 1.82) is 0 Å². The molecular formula is C17H21N3O. The molecule has 110 valence electrons. The molecule has 1 aliphatic carbocycles. The molecule has 1 fully saturated rings. The van der Waals surface area contributed by atoms with Crippen molar-refractivity contribution in [2.45, 2.75) is 44.5 Å². The molecule has 4 heteroatoms. The van der Waals surface area contributed by atoms with Gasteiger partial charge in [-0.15, -0.1) is 0 Å². The molecule has 0 aromatic carbocycles. The third-order valence-corrected chi connectivity index (χ3v) is 4.66. The molecule has 0 radical (unpaired) electrons. The summed E-state index contributed by atoms with van der Waals surface area (Å²) >= 11 is 0. The Morgan fingerprint density at radius 1 is 1.14 bits per heavy atom. The Morgan fingerprint density at radius 2 is 2.10 bits per heavy atom. The fourth-order valence-electron chi connectivity index (χ4n) is 3.30. The van der Waals surface area contributed by atoms with E-state index in [1.54, 1.807) is 12.4 Å². The second-order valence-electron chi connectivity index (χ2n) is 6.09. The lowest BCUT2D eigenvalue weighted by Crippen LogP contribution is -2.44. The largest absolute Gasteiger partial charge is 0.486 e. The van der Waals surface area contributed by atoms with Gasteiger partial charge in [-0.1, -0.05) is 6.42 Å². The van der Waals surface area contributed by atoms with Gasteiger partial charge < -0.3 is 9.30 Å². The summed E-state index contributed by atoms with van der Waals surface area (Å²) in [5, 5.41) is 0. The predicted octanol–water partition coefficient (Wildman–Crippen LogP) is 2.70. The Kier molecular flexibility index (Phi) is 3.39. The normalized spacial score (nSPS) is 23.1. The Balaban J connectivity index is 1.55. The lowest BCUT2D eigenvalue weighted by Gasteiger charge is -2.37. The summed E-state index contributed by atoms with van der Waals surface area (Å²) in [6.45, 7) is 2.96. The van der Waals surface area contributed by atoms with E-state index in [4.69, 9.17) is 4.74 Å². The van der Waals surface area contributed by atoms with Crippen LogP contribution in [-0.2, 0) is 13.1 Å². The highest BCUT2D eigenvalue weighted by Crippen LogP contribution is 2.28. The van der Waals surface area contributed by atoms with E-state index < -0.39 is 0 Å². The number of nitrogens with zero attached hydrogens (tertiary/aromatic N) is 3. The van der Waals surface area contributed by atoms with Crippen LogP contribution in [0, 0.1) is 0 Å². The fraction of sp³-hybridized carbons (Fsp3) is 0.471. The monoisotopic (exact) mass is 283 g/mol. The molecule has 21 heavy (non-hydrogen) atoms. The highest BCUT2D eigenvalue weighted by atomic mass is 16.5. The number of rotatable bonds is 3. The zero-order valence-electron chi connectivity index (χ0n) is 12.2. The summed E-state index contributed by atoms with van der Waals surface area (Å²) in [5.74, 6) is 0.867. The van der Waals surface area contributed by atoms with Crippen LogP contribution in [0.3, 0.4) is 0 Å². The molecule has 0 unspecified atom stereocenters. The fourth-order valence-corrected chi connectivity index (χ4v) is 3.30. The van der Waals surface area contributed by atoms with E-state index in [0.29, 0.717) is 0 Å². The predicted molar refractivity (Wildman–Crippen MR) is 81.1 cm³/mol. The highest BCUT2D eigenvalue weighted by molar-refractivity contribution is 5.16. The minimum atomic E-state index is 0.184. The van der Waals surface area contributed by atoms with Crippen molar-refractivity contribution in [3.63, 3.8) is 0 Å². The van der Waals surface area contributed by atoms with Gasteiger partial charge in [-0.25, -0.2) is 0 Å². The summed E-state index contributed by atoms with van der Waals surface area (Å²) < 4.78 is 8.52. The Bertz CT molecular complexity index is 591. The summed E-state index contributed by atoms with van der Waals surface area (Å²) in [7, 11) is 0. The van der Waals surface area contributed by atoms with Crippen molar-refractivity contribution >= 4 is 0 Å². The lowest BCUT2D eigenvalue weighted by atomic mass is 9.91. The minimum Gasteiger partial charge on any atom is -0.486 e. The number of hydrogen-bond donors (Lipinski definition) is 0. The van der Waals surface area contributed by atoms with E-state index in [1.165, 1.54) is 25.0 Å². The van der Waals surface area contributed by atoms with Crippen molar-refractivity contribution in [2.24, 2.45) is 0 Å². The van der Waals surface area contributed by atoms with Gasteiger partial charge in [0.2, 0.25) is 0 Å². The molecule has 0 bridgehead atoms. The highest BCUT2D eigenvalue weighted by Gasteiger charge is 2.30. The standard InChI is InChI=1S/C17H21N3O/c1-4-14(5-1)20-11-15-6-3-9-19(15)12-17(13-20)21-16-7-2-8-18-10-16/h2-3,6-10,14,17H,1,4-5,11-13H2/t17-/m1/s1. The average molecular weight is 283 g/mol. The first-order chi connectivity index (χ1) is 10.4. The van der Waals surface area contributed by atoms with Gasteiger partial charge in [-0.2, -0.15) is 0 Å². The third kappa shape index (κ3) is 2.68. The number of ether oxygens (including phenoxy) is 1. The van der Waals surface area contributed by atoms with Crippen LogP contribution < -0.4 is 4.74 Å². The molecule has 1 aliphatic heterocycles. The van der Waals surface area contributed by atoms with E-state index in [1.807, 2.05) is 12.1 Å². The smallest absolute Gasteiger partial charge is 0.138 e. The van der Waals surface area contributed by atoms with E-state index in [0.717, 1.165) is 31.4 Å². The summed E-state index contributed by atoms with van der Waals surface area (Å²) in [4.78, 5) is 6.74. The minimum absolute atomic E-state index is 0.184. The topological polar surface area (TPSA) is 30.3 Å². The zero-order chi connectivity index (χ0) is 14.1. The number of aromatic nitrogens is 2. The molecule has 2 aromatic heterocycles.